The first-order valence-electron chi connectivity index (χ1n) is 11.2. The topological polar surface area (TPSA) is 54.6 Å². The average molecular weight is 437 g/mol. The van der Waals surface area contributed by atoms with Gasteiger partial charge in [-0.05, 0) is 54.3 Å². The Kier molecular flexibility index (Phi) is 4.68. The lowest BCUT2D eigenvalue weighted by atomic mass is 9.92. The molecular weight excluding hydrogens is 412 g/mol. The van der Waals surface area contributed by atoms with E-state index in [0.29, 0.717) is 6.54 Å². The quantitative estimate of drug-likeness (QED) is 0.438. The van der Waals surface area contributed by atoms with Crippen LogP contribution in [0, 0.1) is 6.92 Å². The molecule has 6 rings (SSSR count). The summed E-state index contributed by atoms with van der Waals surface area (Å²) in [6.45, 7) is 2.92. The molecule has 0 fully saturated rings. The molecule has 2 aliphatic rings. The van der Waals surface area contributed by atoms with Gasteiger partial charge in [0, 0.05) is 29.2 Å². The molecule has 1 atom stereocenters. The predicted molar refractivity (Wildman–Crippen MR) is 128 cm³/mol. The number of hydrogen-bond donors (Lipinski definition) is 1. The maximum Gasteiger partial charge on any atom is 0.247 e. The predicted octanol–water partition coefficient (Wildman–Crippen LogP) is 5.39. The number of amides is 1. The van der Waals surface area contributed by atoms with Crippen molar-refractivity contribution in [3.05, 3.63) is 101 Å². The van der Waals surface area contributed by atoms with Crippen molar-refractivity contribution in [2.24, 2.45) is 0 Å². The molecule has 0 bridgehead atoms. The van der Waals surface area contributed by atoms with Crippen molar-refractivity contribution < 1.29 is 14.3 Å². The van der Waals surface area contributed by atoms with E-state index in [1.54, 1.807) is 6.08 Å². The number of carbonyl (C=O) groups excluding carboxylic acids is 1. The van der Waals surface area contributed by atoms with Crippen molar-refractivity contribution in [2.75, 3.05) is 13.3 Å². The summed E-state index contributed by atoms with van der Waals surface area (Å²) in [5.74, 6) is 1.45. The van der Waals surface area contributed by atoms with Gasteiger partial charge in [0.05, 0.1) is 6.04 Å². The summed E-state index contributed by atoms with van der Waals surface area (Å²) < 4.78 is 11.1. The second kappa shape index (κ2) is 7.85. The zero-order valence-electron chi connectivity index (χ0n) is 18.4. The van der Waals surface area contributed by atoms with Crippen molar-refractivity contribution in [2.45, 2.75) is 19.4 Å². The van der Waals surface area contributed by atoms with Crippen LogP contribution in [0.3, 0.4) is 0 Å². The molecule has 33 heavy (non-hydrogen) atoms. The summed E-state index contributed by atoms with van der Waals surface area (Å²) >= 11 is 0. The van der Waals surface area contributed by atoms with Crippen LogP contribution >= 0.6 is 0 Å². The fraction of sp³-hybridized carbons (Fsp3) is 0.179. The minimum Gasteiger partial charge on any atom is -0.454 e. The lowest BCUT2D eigenvalue weighted by Crippen LogP contribution is -2.39. The Labute approximate surface area is 192 Å². The number of hydrogen-bond acceptors (Lipinski definition) is 3. The molecule has 1 unspecified atom stereocenters. The number of aromatic amines is 1. The first-order chi connectivity index (χ1) is 16.2. The second-order valence-corrected chi connectivity index (χ2v) is 8.60. The molecule has 3 heterocycles. The highest BCUT2D eigenvalue weighted by molar-refractivity contribution is 5.93. The number of ether oxygens (including phenoxy) is 2. The summed E-state index contributed by atoms with van der Waals surface area (Å²) in [7, 11) is 0. The lowest BCUT2D eigenvalue weighted by Gasteiger charge is -2.35. The third-order valence-corrected chi connectivity index (χ3v) is 6.53. The van der Waals surface area contributed by atoms with E-state index in [1.807, 2.05) is 47.4 Å². The maximum absolute atomic E-state index is 13.5. The van der Waals surface area contributed by atoms with Gasteiger partial charge in [-0.15, -0.1) is 0 Å². The molecular formula is C28H24N2O3. The molecule has 0 spiro atoms. The van der Waals surface area contributed by atoms with E-state index in [9.17, 15) is 4.79 Å². The van der Waals surface area contributed by atoms with Crippen LogP contribution in [0.25, 0.3) is 17.0 Å². The Morgan fingerprint density at radius 3 is 2.73 bits per heavy atom. The second-order valence-electron chi connectivity index (χ2n) is 8.60. The van der Waals surface area contributed by atoms with E-state index in [4.69, 9.17) is 9.47 Å². The third-order valence-electron chi connectivity index (χ3n) is 6.53. The molecule has 5 heteroatoms. The smallest absolute Gasteiger partial charge is 0.247 e. The van der Waals surface area contributed by atoms with Crippen LogP contribution < -0.4 is 9.47 Å². The molecule has 4 aromatic rings. The number of rotatable bonds is 3. The fourth-order valence-corrected chi connectivity index (χ4v) is 4.85. The molecule has 0 saturated heterocycles. The normalized spacial score (nSPS) is 17.0. The molecule has 0 aliphatic carbocycles. The number of nitrogens with zero attached hydrogens (tertiary/aromatic N) is 1. The Hall–Kier alpha value is -3.99. The summed E-state index contributed by atoms with van der Waals surface area (Å²) in [6, 6.07) is 22.2. The van der Waals surface area contributed by atoms with E-state index in [0.717, 1.165) is 40.3 Å². The largest absolute Gasteiger partial charge is 0.454 e. The van der Waals surface area contributed by atoms with E-state index in [2.05, 4.69) is 42.2 Å². The van der Waals surface area contributed by atoms with Crippen LogP contribution in [0.2, 0.25) is 0 Å². The summed E-state index contributed by atoms with van der Waals surface area (Å²) in [6.07, 6.45) is 4.38. The van der Waals surface area contributed by atoms with Gasteiger partial charge < -0.3 is 19.4 Å². The van der Waals surface area contributed by atoms with Gasteiger partial charge >= 0.3 is 0 Å². The fourth-order valence-electron chi connectivity index (χ4n) is 4.85. The monoisotopic (exact) mass is 436 g/mol. The van der Waals surface area contributed by atoms with Gasteiger partial charge in [-0.25, -0.2) is 0 Å². The standard InChI is InChI=1S/C28H24N2O3/c1-18-6-8-19(9-7-18)10-13-26(31)30-15-14-22-21-4-2-3-5-23(21)29-27(22)28(30)20-11-12-24-25(16-20)33-17-32-24/h2-13,16,28-29H,14-15,17H2,1H3/b13-10+. The van der Waals surface area contributed by atoms with Gasteiger partial charge in [-0.3, -0.25) is 4.79 Å². The van der Waals surface area contributed by atoms with Crippen molar-refractivity contribution >= 4 is 22.9 Å². The van der Waals surface area contributed by atoms with Crippen LogP contribution in [-0.4, -0.2) is 29.1 Å². The number of aryl methyl sites for hydroxylation is 1. The van der Waals surface area contributed by atoms with Crippen molar-refractivity contribution in [1.82, 2.24) is 9.88 Å². The first kappa shape index (κ1) is 19.7. The Morgan fingerprint density at radius 1 is 1.03 bits per heavy atom. The number of fused-ring (bicyclic) bond motifs is 4. The van der Waals surface area contributed by atoms with Crippen LogP contribution in [0.5, 0.6) is 11.5 Å². The van der Waals surface area contributed by atoms with Gasteiger partial charge in [0.2, 0.25) is 12.7 Å². The molecule has 3 aromatic carbocycles. The minimum atomic E-state index is -0.231. The zero-order valence-corrected chi connectivity index (χ0v) is 18.4. The van der Waals surface area contributed by atoms with Crippen molar-refractivity contribution in [3.8, 4) is 11.5 Å². The number of benzene rings is 3. The number of carbonyl (C=O) groups is 1. The summed E-state index contributed by atoms with van der Waals surface area (Å²) in [5, 5.41) is 1.22. The van der Waals surface area contributed by atoms with E-state index in [-0.39, 0.29) is 18.7 Å². The molecule has 1 N–H and O–H groups in total. The maximum atomic E-state index is 13.5. The summed E-state index contributed by atoms with van der Waals surface area (Å²) in [4.78, 5) is 19.0. The van der Waals surface area contributed by atoms with Gasteiger partial charge in [-0.1, -0.05) is 54.1 Å². The molecule has 164 valence electrons. The van der Waals surface area contributed by atoms with Crippen molar-refractivity contribution in [1.29, 1.82) is 0 Å². The summed E-state index contributed by atoms with van der Waals surface area (Å²) in [5.41, 5.74) is 6.65. The highest BCUT2D eigenvalue weighted by Crippen LogP contribution is 2.42. The molecule has 1 aromatic heterocycles. The lowest BCUT2D eigenvalue weighted by molar-refractivity contribution is -0.128. The van der Waals surface area contributed by atoms with Gasteiger partial charge in [0.15, 0.2) is 11.5 Å². The van der Waals surface area contributed by atoms with E-state index < -0.39 is 0 Å². The molecule has 2 aliphatic heterocycles. The van der Waals surface area contributed by atoms with Gasteiger partial charge in [0.25, 0.3) is 0 Å². The third kappa shape index (κ3) is 3.46. The van der Waals surface area contributed by atoms with E-state index in [1.165, 1.54) is 16.5 Å². The zero-order chi connectivity index (χ0) is 22.4. The minimum absolute atomic E-state index is 0.0115. The first-order valence-corrected chi connectivity index (χ1v) is 11.2. The molecule has 0 saturated carbocycles. The molecule has 0 radical (unpaired) electrons. The molecule has 1 amide bonds. The Morgan fingerprint density at radius 2 is 1.85 bits per heavy atom. The number of H-pyrrole nitrogens is 1. The highest BCUT2D eigenvalue weighted by Gasteiger charge is 2.34. The average Bonchev–Trinajstić information content (AvgIpc) is 3.46. The SMILES string of the molecule is Cc1ccc(/C=C/C(=O)N2CCc3c([nH]c4ccccc34)C2c2ccc3c(c2)OCO3)cc1. The number of para-hydroxylation sites is 1. The van der Waals surface area contributed by atoms with Gasteiger partial charge in [0.1, 0.15) is 0 Å². The Balaban J connectivity index is 1.42. The Bertz CT molecular complexity index is 1380. The van der Waals surface area contributed by atoms with Gasteiger partial charge in [-0.2, -0.15) is 0 Å². The number of aromatic nitrogens is 1. The van der Waals surface area contributed by atoms with Crippen LogP contribution in [0.4, 0.5) is 0 Å². The molecule has 5 nitrogen and oxygen atoms in total. The van der Waals surface area contributed by atoms with Crippen LogP contribution in [0.1, 0.15) is 34.0 Å². The van der Waals surface area contributed by atoms with Crippen molar-refractivity contribution in [3.63, 3.8) is 0 Å². The highest BCUT2D eigenvalue weighted by atomic mass is 16.7. The number of nitrogens with one attached hydrogen (secondary N) is 1. The van der Waals surface area contributed by atoms with E-state index >= 15 is 0 Å². The van der Waals surface area contributed by atoms with Crippen LogP contribution in [-0.2, 0) is 11.2 Å². The van der Waals surface area contributed by atoms with Crippen LogP contribution in [0.15, 0.2) is 72.8 Å².